The van der Waals surface area contributed by atoms with Gasteiger partial charge < -0.3 is 4.52 Å². The molecule has 20 heavy (non-hydrogen) atoms. The molecule has 2 heterocycles. The molecule has 2 aromatic rings. The fraction of sp³-hybridized carbons (Fsp3) is 0.467. The molecule has 2 aromatic heterocycles. The van der Waals surface area contributed by atoms with Crippen molar-refractivity contribution in [3.63, 3.8) is 0 Å². The highest BCUT2D eigenvalue weighted by atomic mass is 32.1. The molecule has 0 N–H and O–H groups in total. The number of hydrogen-bond donors (Lipinski definition) is 0. The second-order valence-electron chi connectivity index (χ2n) is 5.02. The number of anilines is 1. The third-order valence-corrected chi connectivity index (χ3v) is 3.76. The second-order valence-corrected chi connectivity index (χ2v) is 5.80. The zero-order valence-corrected chi connectivity index (χ0v) is 12.9. The zero-order valence-electron chi connectivity index (χ0n) is 12.1. The maximum atomic E-state index is 12.3. The average molecular weight is 292 g/mol. The minimum atomic E-state index is 0.0580. The molecule has 5 heteroatoms. The van der Waals surface area contributed by atoms with Crippen LogP contribution in [0.4, 0.5) is 5.88 Å². The van der Waals surface area contributed by atoms with Crippen LogP contribution in [0.1, 0.15) is 40.0 Å². The Morgan fingerprint density at radius 3 is 2.90 bits per heavy atom. The van der Waals surface area contributed by atoms with Gasteiger partial charge in [0, 0.05) is 29.5 Å². The number of hydrogen-bond acceptors (Lipinski definition) is 4. The molecule has 4 nitrogen and oxygen atoms in total. The van der Waals surface area contributed by atoms with Crippen LogP contribution in [0.2, 0.25) is 0 Å². The molecule has 0 saturated carbocycles. The molecule has 0 atom stereocenters. The molecular weight excluding hydrogens is 272 g/mol. The van der Waals surface area contributed by atoms with Crippen LogP contribution in [0, 0.1) is 0 Å². The average Bonchev–Trinajstić information content (AvgIpc) is 3.06. The summed E-state index contributed by atoms with van der Waals surface area (Å²) in [5.41, 5.74) is 1.80. The van der Waals surface area contributed by atoms with Gasteiger partial charge in [0.2, 0.25) is 11.8 Å². The van der Waals surface area contributed by atoms with E-state index >= 15 is 0 Å². The number of nitrogens with zero attached hydrogens (tertiary/aromatic N) is 2. The van der Waals surface area contributed by atoms with Gasteiger partial charge in [-0.1, -0.05) is 18.5 Å². The van der Waals surface area contributed by atoms with Crippen LogP contribution in [-0.2, 0) is 4.79 Å². The van der Waals surface area contributed by atoms with Gasteiger partial charge in [0.1, 0.15) is 5.69 Å². The summed E-state index contributed by atoms with van der Waals surface area (Å²) in [5, 5.41) is 8.07. The van der Waals surface area contributed by atoms with Crippen LogP contribution in [0.3, 0.4) is 0 Å². The topological polar surface area (TPSA) is 46.3 Å². The number of rotatable bonds is 6. The van der Waals surface area contributed by atoms with E-state index in [9.17, 15) is 4.79 Å². The molecule has 0 bridgehead atoms. The first kappa shape index (κ1) is 14.8. The van der Waals surface area contributed by atoms with E-state index in [0.717, 1.165) is 24.1 Å². The number of amides is 1. The van der Waals surface area contributed by atoms with Gasteiger partial charge in [-0.2, -0.15) is 11.3 Å². The Morgan fingerprint density at radius 1 is 1.50 bits per heavy atom. The zero-order chi connectivity index (χ0) is 14.5. The van der Waals surface area contributed by atoms with Gasteiger partial charge in [-0.25, -0.2) is 0 Å². The molecule has 0 fully saturated rings. The number of carbonyl (C=O) groups excluding carboxylic acids is 1. The Bertz CT molecular complexity index is 546. The highest BCUT2D eigenvalue weighted by Crippen LogP contribution is 2.27. The SMILES string of the molecule is CCCCC(=O)N(c1cc(-c2ccsc2)no1)C(C)C. The monoisotopic (exact) mass is 292 g/mol. The van der Waals surface area contributed by atoms with Gasteiger partial charge in [0.15, 0.2) is 0 Å². The van der Waals surface area contributed by atoms with E-state index in [1.165, 1.54) is 0 Å². The lowest BCUT2D eigenvalue weighted by Gasteiger charge is -2.23. The van der Waals surface area contributed by atoms with Crippen molar-refractivity contribution in [3.8, 4) is 11.3 Å². The van der Waals surface area contributed by atoms with E-state index in [1.54, 1.807) is 16.2 Å². The van der Waals surface area contributed by atoms with Crippen molar-refractivity contribution in [2.75, 3.05) is 4.90 Å². The van der Waals surface area contributed by atoms with Crippen LogP contribution >= 0.6 is 11.3 Å². The van der Waals surface area contributed by atoms with E-state index in [2.05, 4.69) is 12.1 Å². The smallest absolute Gasteiger partial charge is 0.234 e. The molecule has 0 aliphatic heterocycles. The number of aromatic nitrogens is 1. The largest absolute Gasteiger partial charge is 0.338 e. The molecule has 0 radical (unpaired) electrons. The Kier molecular flexibility index (Phi) is 4.95. The summed E-state index contributed by atoms with van der Waals surface area (Å²) in [6, 6.07) is 3.89. The first-order valence-electron chi connectivity index (χ1n) is 6.94. The predicted molar refractivity (Wildman–Crippen MR) is 82.0 cm³/mol. The van der Waals surface area contributed by atoms with Crippen molar-refractivity contribution in [1.29, 1.82) is 0 Å². The van der Waals surface area contributed by atoms with Crippen molar-refractivity contribution < 1.29 is 9.32 Å². The molecule has 0 unspecified atom stereocenters. The van der Waals surface area contributed by atoms with Gasteiger partial charge in [-0.15, -0.1) is 0 Å². The molecule has 108 valence electrons. The Hall–Kier alpha value is -1.62. The van der Waals surface area contributed by atoms with E-state index in [-0.39, 0.29) is 11.9 Å². The molecule has 0 spiro atoms. The quantitative estimate of drug-likeness (QED) is 0.796. The molecule has 0 aliphatic rings. The number of thiophene rings is 1. The third-order valence-electron chi connectivity index (χ3n) is 3.08. The Balaban J connectivity index is 2.20. The Labute approximate surface area is 123 Å². The maximum absolute atomic E-state index is 12.3. The van der Waals surface area contributed by atoms with Gasteiger partial charge in [0.05, 0.1) is 0 Å². The summed E-state index contributed by atoms with van der Waals surface area (Å²) in [6.45, 7) is 6.05. The normalized spacial score (nSPS) is 11.0. The summed E-state index contributed by atoms with van der Waals surface area (Å²) in [4.78, 5) is 14.0. The van der Waals surface area contributed by atoms with Crippen LogP contribution in [0.25, 0.3) is 11.3 Å². The van der Waals surface area contributed by atoms with Crippen molar-refractivity contribution in [1.82, 2.24) is 5.16 Å². The minimum Gasteiger partial charge on any atom is -0.338 e. The number of unbranched alkanes of at least 4 members (excludes halogenated alkanes) is 1. The molecular formula is C15H20N2O2S. The lowest BCUT2D eigenvalue weighted by Crippen LogP contribution is -2.36. The first-order chi connectivity index (χ1) is 9.63. The molecule has 0 aromatic carbocycles. The fourth-order valence-electron chi connectivity index (χ4n) is 2.04. The summed E-state index contributed by atoms with van der Waals surface area (Å²) < 4.78 is 5.37. The summed E-state index contributed by atoms with van der Waals surface area (Å²) in [7, 11) is 0. The Morgan fingerprint density at radius 2 is 2.30 bits per heavy atom. The van der Waals surface area contributed by atoms with Crippen molar-refractivity contribution in [2.24, 2.45) is 0 Å². The van der Waals surface area contributed by atoms with E-state index < -0.39 is 0 Å². The van der Waals surface area contributed by atoms with Gasteiger partial charge >= 0.3 is 0 Å². The van der Waals surface area contributed by atoms with Gasteiger partial charge in [-0.05, 0) is 31.7 Å². The lowest BCUT2D eigenvalue weighted by molar-refractivity contribution is -0.119. The van der Waals surface area contributed by atoms with Crippen LogP contribution in [0.15, 0.2) is 27.4 Å². The fourth-order valence-corrected chi connectivity index (χ4v) is 2.69. The van der Waals surface area contributed by atoms with Gasteiger partial charge in [0.25, 0.3) is 0 Å². The first-order valence-corrected chi connectivity index (χ1v) is 7.89. The van der Waals surface area contributed by atoms with Crippen molar-refractivity contribution in [3.05, 3.63) is 22.9 Å². The van der Waals surface area contributed by atoms with Crippen LogP contribution in [-0.4, -0.2) is 17.1 Å². The molecule has 1 amide bonds. The van der Waals surface area contributed by atoms with Crippen molar-refractivity contribution >= 4 is 23.1 Å². The standard InChI is InChI=1S/C15H20N2O2S/c1-4-5-6-14(18)17(11(2)3)15-9-13(16-19-15)12-7-8-20-10-12/h7-11H,4-6H2,1-3H3. The summed E-state index contributed by atoms with van der Waals surface area (Å²) in [5.74, 6) is 0.622. The van der Waals surface area contributed by atoms with Crippen LogP contribution in [0.5, 0.6) is 0 Å². The predicted octanol–water partition coefficient (Wildman–Crippen LogP) is 4.33. The van der Waals surface area contributed by atoms with E-state index in [1.807, 2.05) is 36.7 Å². The highest BCUT2D eigenvalue weighted by Gasteiger charge is 2.23. The lowest BCUT2D eigenvalue weighted by atomic mass is 10.2. The van der Waals surface area contributed by atoms with E-state index in [0.29, 0.717) is 12.3 Å². The maximum Gasteiger partial charge on any atom is 0.234 e. The third kappa shape index (κ3) is 3.28. The highest BCUT2D eigenvalue weighted by molar-refractivity contribution is 7.08. The van der Waals surface area contributed by atoms with Crippen LogP contribution < -0.4 is 4.90 Å². The van der Waals surface area contributed by atoms with Gasteiger partial charge in [-0.3, -0.25) is 9.69 Å². The molecule has 0 aliphatic carbocycles. The minimum absolute atomic E-state index is 0.0580. The molecule has 0 saturated heterocycles. The summed E-state index contributed by atoms with van der Waals surface area (Å²) in [6.07, 6.45) is 2.45. The van der Waals surface area contributed by atoms with Crippen molar-refractivity contribution in [2.45, 2.75) is 46.1 Å². The number of carbonyl (C=O) groups is 1. The summed E-state index contributed by atoms with van der Waals surface area (Å²) >= 11 is 1.61. The van der Waals surface area contributed by atoms with E-state index in [4.69, 9.17) is 4.52 Å². The molecule has 2 rings (SSSR count). The second kappa shape index (κ2) is 6.70.